The zero-order valence-electron chi connectivity index (χ0n) is 12.0. The van der Waals surface area contributed by atoms with Crippen LogP contribution in [0.4, 0.5) is 10.5 Å². The van der Waals surface area contributed by atoms with Gasteiger partial charge in [0.25, 0.3) is 0 Å². The van der Waals surface area contributed by atoms with Crippen LogP contribution in [-0.2, 0) is 6.54 Å². The molecule has 0 saturated heterocycles. The SMILES string of the molecule is CSc1cc2c(cc1NC(=O)NCc1cccs1)OCCO2. The van der Waals surface area contributed by atoms with Gasteiger partial charge in [-0.2, -0.15) is 0 Å². The van der Waals surface area contributed by atoms with Crippen LogP contribution in [0.1, 0.15) is 4.88 Å². The molecule has 2 heterocycles. The van der Waals surface area contributed by atoms with Gasteiger partial charge in [0.15, 0.2) is 11.5 Å². The molecule has 0 unspecified atom stereocenters. The quantitative estimate of drug-likeness (QED) is 0.838. The summed E-state index contributed by atoms with van der Waals surface area (Å²) in [4.78, 5) is 14.1. The first-order chi connectivity index (χ1) is 10.8. The maximum Gasteiger partial charge on any atom is 0.319 e. The molecule has 0 fully saturated rings. The van der Waals surface area contributed by atoms with Gasteiger partial charge >= 0.3 is 6.03 Å². The van der Waals surface area contributed by atoms with E-state index in [2.05, 4.69) is 10.6 Å². The molecule has 0 radical (unpaired) electrons. The third-order valence-corrected chi connectivity index (χ3v) is 4.77. The summed E-state index contributed by atoms with van der Waals surface area (Å²) in [7, 11) is 0. The molecule has 2 amide bonds. The number of carbonyl (C=O) groups is 1. The average molecular weight is 336 g/mol. The minimum Gasteiger partial charge on any atom is -0.486 e. The van der Waals surface area contributed by atoms with Crippen molar-refractivity contribution in [3.63, 3.8) is 0 Å². The highest BCUT2D eigenvalue weighted by Crippen LogP contribution is 2.39. The molecular weight excluding hydrogens is 320 g/mol. The molecule has 0 bridgehead atoms. The summed E-state index contributed by atoms with van der Waals surface area (Å²) in [6.45, 7) is 1.59. The van der Waals surface area contributed by atoms with E-state index >= 15 is 0 Å². The minimum atomic E-state index is -0.236. The van der Waals surface area contributed by atoms with Gasteiger partial charge in [0.2, 0.25) is 0 Å². The monoisotopic (exact) mass is 336 g/mol. The van der Waals surface area contributed by atoms with Crippen LogP contribution >= 0.6 is 23.1 Å². The average Bonchev–Trinajstić information content (AvgIpc) is 3.05. The second-order valence-electron chi connectivity index (χ2n) is 4.58. The van der Waals surface area contributed by atoms with Crippen molar-refractivity contribution in [1.29, 1.82) is 0 Å². The Kier molecular flexibility index (Phi) is 4.74. The Morgan fingerprint density at radius 1 is 1.32 bits per heavy atom. The number of benzene rings is 1. The first-order valence-corrected chi connectivity index (χ1v) is 8.91. The molecule has 5 nitrogen and oxygen atoms in total. The van der Waals surface area contributed by atoms with Crippen molar-refractivity contribution >= 4 is 34.8 Å². The molecule has 0 atom stereocenters. The Bertz CT molecular complexity index is 659. The lowest BCUT2D eigenvalue weighted by Crippen LogP contribution is -2.28. The topological polar surface area (TPSA) is 59.6 Å². The normalized spacial score (nSPS) is 12.8. The Labute approximate surface area is 137 Å². The van der Waals surface area contributed by atoms with Crippen molar-refractivity contribution in [3.05, 3.63) is 34.5 Å². The molecule has 1 aliphatic heterocycles. The maximum absolute atomic E-state index is 12.0. The number of urea groups is 1. The zero-order valence-corrected chi connectivity index (χ0v) is 13.7. The van der Waals surface area contributed by atoms with E-state index in [9.17, 15) is 4.79 Å². The molecule has 1 aromatic carbocycles. The van der Waals surface area contributed by atoms with Gasteiger partial charge < -0.3 is 20.1 Å². The third-order valence-electron chi connectivity index (χ3n) is 3.12. The summed E-state index contributed by atoms with van der Waals surface area (Å²) in [6.07, 6.45) is 1.96. The highest BCUT2D eigenvalue weighted by molar-refractivity contribution is 7.98. The van der Waals surface area contributed by atoms with Gasteiger partial charge in [-0.1, -0.05) is 6.07 Å². The molecule has 1 aromatic heterocycles. The smallest absolute Gasteiger partial charge is 0.319 e. The van der Waals surface area contributed by atoms with E-state index in [0.717, 1.165) is 21.2 Å². The maximum atomic E-state index is 12.0. The van der Waals surface area contributed by atoms with E-state index in [4.69, 9.17) is 9.47 Å². The van der Waals surface area contributed by atoms with Crippen LogP contribution in [0.5, 0.6) is 11.5 Å². The van der Waals surface area contributed by atoms with Gasteiger partial charge in [0.1, 0.15) is 13.2 Å². The first kappa shape index (κ1) is 15.1. The molecular formula is C15H16N2O3S2. The number of ether oxygens (including phenoxy) is 2. The van der Waals surface area contributed by atoms with E-state index < -0.39 is 0 Å². The van der Waals surface area contributed by atoms with Crippen LogP contribution in [0.2, 0.25) is 0 Å². The van der Waals surface area contributed by atoms with Crippen LogP contribution < -0.4 is 20.1 Å². The van der Waals surface area contributed by atoms with Crippen LogP contribution in [-0.4, -0.2) is 25.5 Å². The number of thioether (sulfide) groups is 1. The van der Waals surface area contributed by atoms with Gasteiger partial charge in [-0.15, -0.1) is 23.1 Å². The fraction of sp³-hybridized carbons (Fsp3) is 0.267. The van der Waals surface area contributed by atoms with Crippen molar-refractivity contribution in [1.82, 2.24) is 5.32 Å². The highest BCUT2D eigenvalue weighted by Gasteiger charge is 2.16. The molecule has 0 spiro atoms. The van der Waals surface area contributed by atoms with Gasteiger partial charge in [-0.25, -0.2) is 4.79 Å². The summed E-state index contributed by atoms with van der Waals surface area (Å²) in [5.74, 6) is 1.39. The number of thiophene rings is 1. The fourth-order valence-electron chi connectivity index (χ4n) is 2.08. The number of fused-ring (bicyclic) bond motifs is 1. The molecule has 22 heavy (non-hydrogen) atoms. The number of carbonyl (C=O) groups excluding carboxylic acids is 1. The van der Waals surface area contributed by atoms with Crippen molar-refractivity contribution in [3.8, 4) is 11.5 Å². The molecule has 0 aliphatic carbocycles. The van der Waals surface area contributed by atoms with Crippen LogP contribution in [0.15, 0.2) is 34.5 Å². The Balaban J connectivity index is 1.69. The number of rotatable bonds is 4. The summed E-state index contributed by atoms with van der Waals surface area (Å²) in [6, 6.07) is 7.42. The van der Waals surface area contributed by atoms with Crippen LogP contribution in [0.3, 0.4) is 0 Å². The van der Waals surface area contributed by atoms with E-state index in [1.54, 1.807) is 23.1 Å². The Morgan fingerprint density at radius 2 is 2.09 bits per heavy atom. The molecule has 2 N–H and O–H groups in total. The van der Waals surface area contributed by atoms with Crippen molar-refractivity contribution in [2.75, 3.05) is 24.8 Å². The van der Waals surface area contributed by atoms with Crippen molar-refractivity contribution < 1.29 is 14.3 Å². The predicted octanol–water partition coefficient (Wildman–Crippen LogP) is 3.56. The Morgan fingerprint density at radius 3 is 2.77 bits per heavy atom. The minimum absolute atomic E-state index is 0.236. The predicted molar refractivity (Wildman–Crippen MR) is 89.4 cm³/mol. The Hall–Kier alpha value is -1.86. The molecule has 2 aromatic rings. The number of anilines is 1. The summed E-state index contributed by atoms with van der Waals surface area (Å²) in [5, 5.41) is 7.70. The zero-order chi connectivity index (χ0) is 15.4. The van der Waals surface area contributed by atoms with Crippen molar-refractivity contribution in [2.24, 2.45) is 0 Å². The van der Waals surface area contributed by atoms with E-state index in [-0.39, 0.29) is 6.03 Å². The number of hydrogen-bond acceptors (Lipinski definition) is 5. The lowest BCUT2D eigenvalue weighted by molar-refractivity contribution is 0.171. The molecule has 0 saturated carbocycles. The fourth-order valence-corrected chi connectivity index (χ4v) is 3.28. The van der Waals surface area contributed by atoms with Gasteiger partial charge in [0.05, 0.1) is 12.2 Å². The van der Waals surface area contributed by atoms with E-state index in [0.29, 0.717) is 25.5 Å². The van der Waals surface area contributed by atoms with Gasteiger partial charge in [-0.05, 0) is 23.8 Å². The van der Waals surface area contributed by atoms with E-state index in [1.165, 1.54) is 0 Å². The summed E-state index contributed by atoms with van der Waals surface area (Å²) < 4.78 is 11.1. The van der Waals surface area contributed by atoms with Gasteiger partial charge in [-0.3, -0.25) is 0 Å². The number of hydrogen-bond donors (Lipinski definition) is 2. The second kappa shape index (κ2) is 6.93. The lowest BCUT2D eigenvalue weighted by Gasteiger charge is -2.21. The standard InChI is InChI=1S/C15H16N2O3S2/c1-21-14-8-13-12(19-4-5-20-13)7-11(14)17-15(18)16-9-10-3-2-6-22-10/h2-3,6-8H,4-5,9H2,1H3,(H2,16,17,18). The molecule has 3 rings (SSSR count). The van der Waals surface area contributed by atoms with Gasteiger partial charge in [0, 0.05) is 15.8 Å². The molecule has 1 aliphatic rings. The first-order valence-electron chi connectivity index (χ1n) is 6.81. The highest BCUT2D eigenvalue weighted by atomic mass is 32.2. The lowest BCUT2D eigenvalue weighted by atomic mass is 10.2. The van der Waals surface area contributed by atoms with E-state index in [1.807, 2.05) is 35.9 Å². The summed E-state index contributed by atoms with van der Waals surface area (Å²) >= 11 is 3.16. The van der Waals surface area contributed by atoms with Crippen LogP contribution in [0, 0.1) is 0 Å². The molecule has 7 heteroatoms. The summed E-state index contributed by atoms with van der Waals surface area (Å²) in [5.41, 5.74) is 0.723. The second-order valence-corrected chi connectivity index (χ2v) is 6.46. The number of nitrogens with one attached hydrogen (secondary N) is 2. The molecule has 116 valence electrons. The van der Waals surface area contributed by atoms with Crippen LogP contribution in [0.25, 0.3) is 0 Å². The van der Waals surface area contributed by atoms with Crippen molar-refractivity contribution in [2.45, 2.75) is 11.4 Å². The largest absolute Gasteiger partial charge is 0.486 e. The third kappa shape index (κ3) is 3.48. The number of amides is 2.